The maximum Gasteiger partial charge on any atom is 0.354 e. The van der Waals surface area contributed by atoms with E-state index in [9.17, 15) is 14.1 Å². The first-order valence-corrected chi connectivity index (χ1v) is 11.1. The van der Waals surface area contributed by atoms with E-state index in [4.69, 9.17) is 9.88 Å². The Hall–Kier alpha value is -2.85. The number of nitrogens with one attached hydrogen (secondary N) is 1. The van der Waals surface area contributed by atoms with Gasteiger partial charge < -0.3 is 15.2 Å². The fraction of sp³-hybridized carbons (Fsp3) is 0.368. The number of hydrogen-bond acceptors (Lipinski definition) is 5. The second kappa shape index (κ2) is 6.60. The molecule has 1 atom stereocenters. The van der Waals surface area contributed by atoms with E-state index in [-0.39, 0.29) is 23.1 Å². The Bertz CT molecular complexity index is 1160. The summed E-state index contributed by atoms with van der Waals surface area (Å²) in [6.07, 6.45) is 8.54. The van der Waals surface area contributed by atoms with Crippen LogP contribution in [0.4, 0.5) is 10.5 Å². The number of rotatable bonds is 2. The van der Waals surface area contributed by atoms with Crippen molar-refractivity contribution in [3.63, 3.8) is 0 Å². The SMILES string of the molecule is NS(=O)(=NC(=O)Nc1c2c(cc3c1CCC3)CCC2)c1cnn2c1OCC(O)=C2. The first-order chi connectivity index (χ1) is 13.9. The molecule has 2 heterocycles. The normalized spacial score (nSPS) is 18.7. The van der Waals surface area contributed by atoms with Gasteiger partial charge in [0.25, 0.3) is 0 Å². The molecule has 9 nitrogen and oxygen atoms in total. The van der Waals surface area contributed by atoms with Gasteiger partial charge in [-0.3, -0.25) is 0 Å². The van der Waals surface area contributed by atoms with Crippen molar-refractivity contribution in [3.8, 4) is 5.88 Å². The molecule has 2 amide bonds. The minimum Gasteiger partial charge on any atom is -0.507 e. The van der Waals surface area contributed by atoms with Crippen LogP contribution in [0.15, 0.2) is 27.3 Å². The van der Waals surface area contributed by atoms with Crippen molar-refractivity contribution < 1.29 is 18.8 Å². The number of amides is 2. The van der Waals surface area contributed by atoms with Gasteiger partial charge in [-0.25, -0.2) is 18.8 Å². The quantitative estimate of drug-likeness (QED) is 0.693. The molecule has 1 aliphatic heterocycles. The lowest BCUT2D eigenvalue weighted by atomic mass is 9.99. The van der Waals surface area contributed by atoms with Crippen molar-refractivity contribution in [2.45, 2.75) is 43.4 Å². The molecule has 0 spiro atoms. The smallest absolute Gasteiger partial charge is 0.354 e. The number of hydrogen-bond donors (Lipinski definition) is 3. The van der Waals surface area contributed by atoms with Crippen molar-refractivity contribution in [2.24, 2.45) is 9.50 Å². The number of aliphatic hydroxyl groups excluding tert-OH is 1. The summed E-state index contributed by atoms with van der Waals surface area (Å²) in [6.45, 7) is -0.0945. The summed E-state index contributed by atoms with van der Waals surface area (Å²) < 4.78 is 23.3. The van der Waals surface area contributed by atoms with Crippen LogP contribution >= 0.6 is 0 Å². The lowest BCUT2D eigenvalue weighted by Crippen LogP contribution is -2.20. The van der Waals surface area contributed by atoms with Gasteiger partial charge in [0, 0.05) is 5.69 Å². The Kier molecular flexibility index (Phi) is 4.14. The van der Waals surface area contributed by atoms with Gasteiger partial charge in [-0.05, 0) is 60.8 Å². The van der Waals surface area contributed by atoms with E-state index in [1.165, 1.54) is 28.2 Å². The van der Waals surface area contributed by atoms with Crippen LogP contribution < -0.4 is 15.2 Å². The standard InChI is InChI=1S/C19H21N5O4S/c20-29(27,16-8-21-24-9-13(25)10-28-18(16)24)23-19(26)22-17-14-5-1-3-11(14)7-12-4-2-6-15(12)17/h7-9,25H,1-6,10H2,(H3,20,22,23,26,27). The molecule has 10 heteroatoms. The summed E-state index contributed by atoms with van der Waals surface area (Å²) in [5.41, 5.74) is 5.69. The predicted molar refractivity (Wildman–Crippen MR) is 107 cm³/mol. The Morgan fingerprint density at radius 2 is 1.93 bits per heavy atom. The van der Waals surface area contributed by atoms with E-state index in [0.717, 1.165) is 55.3 Å². The molecule has 2 aliphatic carbocycles. The molecule has 4 N–H and O–H groups in total. The summed E-state index contributed by atoms with van der Waals surface area (Å²) in [7, 11) is -3.58. The number of carbonyl (C=O) groups excluding carboxylic acids is 1. The number of nitrogens with zero attached hydrogens (tertiary/aromatic N) is 3. The average Bonchev–Trinajstić information content (AvgIpc) is 3.39. The Morgan fingerprint density at radius 3 is 2.62 bits per heavy atom. The van der Waals surface area contributed by atoms with Crippen LogP contribution in [0.2, 0.25) is 0 Å². The molecule has 1 aromatic heterocycles. The number of aliphatic hydroxyl groups is 1. The van der Waals surface area contributed by atoms with Crippen LogP contribution in [0.25, 0.3) is 6.20 Å². The fourth-order valence-corrected chi connectivity index (χ4v) is 5.35. The monoisotopic (exact) mass is 415 g/mol. The Morgan fingerprint density at radius 1 is 1.24 bits per heavy atom. The number of aromatic nitrogens is 2. The van der Waals surface area contributed by atoms with Crippen LogP contribution in [0.1, 0.15) is 35.1 Å². The summed E-state index contributed by atoms with van der Waals surface area (Å²) in [5.74, 6) is 0.0745. The molecule has 0 radical (unpaired) electrons. The lowest BCUT2D eigenvalue weighted by Gasteiger charge is -2.15. The van der Waals surface area contributed by atoms with Crippen LogP contribution in [-0.4, -0.2) is 31.7 Å². The van der Waals surface area contributed by atoms with Crippen molar-refractivity contribution in [3.05, 3.63) is 40.3 Å². The number of nitrogens with two attached hydrogens (primary N) is 1. The molecule has 3 aliphatic rings. The highest BCUT2D eigenvalue weighted by atomic mass is 32.2. The highest BCUT2D eigenvalue weighted by Gasteiger charge is 2.27. The van der Waals surface area contributed by atoms with E-state index in [0.29, 0.717) is 0 Å². The summed E-state index contributed by atoms with van der Waals surface area (Å²) in [4.78, 5) is 12.7. The average molecular weight is 415 g/mol. The van der Waals surface area contributed by atoms with Gasteiger partial charge >= 0.3 is 6.03 Å². The van der Waals surface area contributed by atoms with E-state index >= 15 is 0 Å². The van der Waals surface area contributed by atoms with Crippen molar-refractivity contribution >= 4 is 27.8 Å². The van der Waals surface area contributed by atoms with Crippen LogP contribution in [0.5, 0.6) is 5.88 Å². The van der Waals surface area contributed by atoms with Crippen molar-refractivity contribution in [2.75, 3.05) is 11.9 Å². The zero-order valence-electron chi connectivity index (χ0n) is 15.7. The minimum absolute atomic E-state index is 0.0138. The van der Waals surface area contributed by atoms with Gasteiger partial charge in [0.2, 0.25) is 5.88 Å². The summed E-state index contributed by atoms with van der Waals surface area (Å²) in [5, 5.41) is 22.2. The fourth-order valence-electron chi connectivity index (χ4n) is 4.36. The number of carbonyl (C=O) groups is 1. The zero-order valence-corrected chi connectivity index (χ0v) is 16.5. The largest absolute Gasteiger partial charge is 0.507 e. The molecule has 0 saturated heterocycles. The van der Waals surface area contributed by atoms with Gasteiger partial charge in [0.15, 0.2) is 9.92 Å². The number of fused-ring (bicyclic) bond motifs is 3. The second-order valence-electron chi connectivity index (χ2n) is 7.49. The van der Waals surface area contributed by atoms with Crippen LogP contribution in [0, 0.1) is 0 Å². The third-order valence-corrected chi connectivity index (χ3v) is 6.93. The highest BCUT2D eigenvalue weighted by molar-refractivity contribution is 7.91. The summed E-state index contributed by atoms with van der Waals surface area (Å²) >= 11 is 0. The Labute approximate surface area is 167 Å². The molecular weight excluding hydrogens is 394 g/mol. The molecule has 0 bridgehead atoms. The zero-order chi connectivity index (χ0) is 20.2. The third kappa shape index (κ3) is 3.08. The number of benzene rings is 1. The third-order valence-electron chi connectivity index (χ3n) is 5.58. The maximum atomic E-state index is 13.0. The molecule has 5 rings (SSSR count). The van der Waals surface area contributed by atoms with Gasteiger partial charge in [-0.15, -0.1) is 4.36 Å². The van der Waals surface area contributed by atoms with Crippen LogP contribution in [0.3, 0.4) is 0 Å². The maximum absolute atomic E-state index is 13.0. The van der Waals surface area contributed by atoms with E-state index in [2.05, 4.69) is 20.8 Å². The number of urea groups is 1. The van der Waals surface area contributed by atoms with Gasteiger partial charge in [0.05, 0.1) is 12.4 Å². The van der Waals surface area contributed by atoms with Gasteiger partial charge in [-0.2, -0.15) is 5.10 Å². The molecule has 2 aromatic rings. The molecule has 152 valence electrons. The van der Waals surface area contributed by atoms with E-state index in [1.54, 1.807) is 0 Å². The van der Waals surface area contributed by atoms with Crippen molar-refractivity contribution in [1.82, 2.24) is 9.78 Å². The highest BCUT2D eigenvalue weighted by Crippen LogP contribution is 2.38. The van der Waals surface area contributed by atoms with Gasteiger partial charge in [-0.1, -0.05) is 6.07 Å². The first-order valence-electron chi connectivity index (χ1n) is 9.55. The lowest BCUT2D eigenvalue weighted by molar-refractivity contribution is 0.243. The molecule has 1 unspecified atom stereocenters. The molecule has 0 saturated carbocycles. The number of anilines is 1. The van der Waals surface area contributed by atoms with Crippen molar-refractivity contribution in [1.29, 1.82) is 0 Å². The predicted octanol–water partition coefficient (Wildman–Crippen LogP) is 2.54. The molecule has 29 heavy (non-hydrogen) atoms. The van der Waals surface area contributed by atoms with Gasteiger partial charge in [0.1, 0.15) is 17.3 Å². The molecule has 0 fully saturated rings. The second-order valence-corrected chi connectivity index (χ2v) is 9.25. The minimum atomic E-state index is -3.58. The molecular formula is C19H21N5O4S. The summed E-state index contributed by atoms with van der Waals surface area (Å²) in [6, 6.07) is 1.52. The van der Waals surface area contributed by atoms with E-state index < -0.39 is 15.9 Å². The van der Waals surface area contributed by atoms with Crippen LogP contribution in [-0.2, 0) is 35.6 Å². The Balaban J connectivity index is 1.49. The molecule has 1 aromatic carbocycles. The topological polar surface area (TPSA) is 132 Å². The number of aryl methyl sites for hydroxylation is 2. The first kappa shape index (κ1) is 18.2. The van der Waals surface area contributed by atoms with E-state index in [1.807, 2.05) is 0 Å². The number of ether oxygens (including phenoxy) is 1.